The quantitative estimate of drug-likeness (QED) is 0.148. The molecule has 38 heavy (non-hydrogen) atoms. The fourth-order valence-corrected chi connectivity index (χ4v) is 2.83. The van der Waals surface area contributed by atoms with Crippen molar-refractivity contribution >= 4 is 23.9 Å². The number of rotatable bonds is 7. The van der Waals surface area contributed by atoms with E-state index in [1.807, 2.05) is 0 Å². The second-order valence-electron chi connectivity index (χ2n) is 13.5. The molecule has 0 amide bonds. The van der Waals surface area contributed by atoms with Gasteiger partial charge in [-0.05, 0) is 88.6 Å². The molecule has 0 N–H and O–H groups in total. The first-order valence-electron chi connectivity index (χ1n) is 12.5. The van der Waals surface area contributed by atoms with Crippen LogP contribution in [0.5, 0.6) is 0 Å². The lowest BCUT2D eigenvalue weighted by Crippen LogP contribution is -2.48. The summed E-state index contributed by atoms with van der Waals surface area (Å²) in [6.07, 6.45) is -5.51. The molecule has 12 nitrogen and oxygen atoms in total. The second-order valence-corrected chi connectivity index (χ2v) is 13.5. The maximum Gasteiger partial charge on any atom is 0.313 e. The molecular formula is C26H43N3O9. The molecule has 0 aromatic heterocycles. The second kappa shape index (κ2) is 11.9. The van der Waals surface area contributed by atoms with Gasteiger partial charge in [0, 0.05) is 4.91 Å². The van der Waals surface area contributed by atoms with Crippen molar-refractivity contribution in [1.82, 2.24) is 0 Å². The molecule has 0 spiro atoms. The van der Waals surface area contributed by atoms with Crippen LogP contribution in [0.25, 0.3) is 10.4 Å². The number of azide groups is 1. The first-order chi connectivity index (χ1) is 17.0. The van der Waals surface area contributed by atoms with E-state index in [0.29, 0.717) is 0 Å². The Balaban J connectivity index is 3.57. The van der Waals surface area contributed by atoms with Gasteiger partial charge in [0.05, 0.1) is 21.7 Å². The Bertz CT molecular complexity index is 945. The summed E-state index contributed by atoms with van der Waals surface area (Å²) in [6.45, 7) is 19.2. The van der Waals surface area contributed by atoms with Gasteiger partial charge >= 0.3 is 23.9 Å². The van der Waals surface area contributed by atoms with Crippen molar-refractivity contribution < 1.29 is 42.9 Å². The molecule has 1 heterocycles. The number of nitrogens with zero attached hydrogens (tertiary/aromatic N) is 3. The van der Waals surface area contributed by atoms with E-state index in [0.717, 1.165) is 0 Å². The minimum atomic E-state index is -1.49. The summed E-state index contributed by atoms with van der Waals surface area (Å²) in [5.74, 6) is -2.56. The van der Waals surface area contributed by atoms with Crippen molar-refractivity contribution in [3.8, 4) is 0 Å². The summed E-state index contributed by atoms with van der Waals surface area (Å²) < 4.78 is 28.3. The van der Waals surface area contributed by atoms with Crippen LogP contribution in [-0.4, -0.2) is 61.1 Å². The zero-order chi connectivity index (χ0) is 29.9. The highest BCUT2D eigenvalue weighted by atomic mass is 16.7. The number of carbonyl (C=O) groups is 4. The van der Waals surface area contributed by atoms with E-state index >= 15 is 0 Å². The van der Waals surface area contributed by atoms with Crippen LogP contribution in [0.3, 0.4) is 0 Å². The first kappa shape index (κ1) is 33.2. The van der Waals surface area contributed by atoms with E-state index in [9.17, 15) is 24.7 Å². The molecule has 0 aromatic carbocycles. The number of ether oxygens (including phenoxy) is 5. The van der Waals surface area contributed by atoms with E-state index in [4.69, 9.17) is 23.7 Å². The van der Waals surface area contributed by atoms with E-state index in [2.05, 4.69) is 10.0 Å². The van der Waals surface area contributed by atoms with E-state index < -0.39 is 82.8 Å². The lowest BCUT2D eigenvalue weighted by atomic mass is 9.95. The molecular weight excluding hydrogens is 498 g/mol. The molecule has 0 radical (unpaired) electrons. The number of hydrogen-bond acceptors (Lipinski definition) is 10. The van der Waals surface area contributed by atoms with Gasteiger partial charge in [-0.2, -0.15) is 0 Å². The monoisotopic (exact) mass is 541 g/mol. The van der Waals surface area contributed by atoms with E-state index in [1.54, 1.807) is 83.1 Å². The fraction of sp³-hybridized carbons (Fsp3) is 0.846. The third kappa shape index (κ3) is 9.16. The summed E-state index contributed by atoms with van der Waals surface area (Å²) in [5.41, 5.74) is 5.54. The Hall–Kier alpha value is -2.85. The van der Waals surface area contributed by atoms with Crippen molar-refractivity contribution in [2.24, 2.45) is 26.8 Å². The molecule has 0 aliphatic carbocycles. The van der Waals surface area contributed by atoms with Crippen LogP contribution in [0.15, 0.2) is 5.11 Å². The van der Waals surface area contributed by atoms with Gasteiger partial charge in [0.2, 0.25) is 12.4 Å². The van der Waals surface area contributed by atoms with Crippen LogP contribution in [0.2, 0.25) is 0 Å². The van der Waals surface area contributed by atoms with Gasteiger partial charge in [0.15, 0.2) is 6.10 Å². The summed E-state index contributed by atoms with van der Waals surface area (Å²) in [6, 6.07) is -1.21. The van der Waals surface area contributed by atoms with Crippen molar-refractivity contribution in [3.05, 3.63) is 10.4 Å². The van der Waals surface area contributed by atoms with Crippen molar-refractivity contribution in [2.45, 2.75) is 114 Å². The number of hydrogen-bond donors (Lipinski definition) is 0. The predicted molar refractivity (Wildman–Crippen MR) is 136 cm³/mol. The molecule has 1 saturated heterocycles. The average Bonchev–Trinajstić information content (AvgIpc) is 3.04. The Morgan fingerprint density at radius 1 is 0.711 bits per heavy atom. The van der Waals surface area contributed by atoms with Crippen molar-refractivity contribution in [1.29, 1.82) is 0 Å². The third-order valence-electron chi connectivity index (χ3n) is 5.33. The molecule has 5 atom stereocenters. The minimum absolute atomic E-state index is 0.422. The first-order valence-corrected chi connectivity index (χ1v) is 12.5. The van der Waals surface area contributed by atoms with Gasteiger partial charge in [0.1, 0.15) is 18.8 Å². The van der Waals surface area contributed by atoms with Gasteiger partial charge < -0.3 is 23.7 Å². The maximum atomic E-state index is 12.9. The van der Waals surface area contributed by atoms with Gasteiger partial charge in [-0.1, -0.05) is 5.11 Å². The van der Waals surface area contributed by atoms with Gasteiger partial charge in [-0.3, -0.25) is 19.2 Å². The smallest absolute Gasteiger partial charge is 0.313 e. The normalized spacial score (nSPS) is 23.1. The van der Waals surface area contributed by atoms with E-state index in [-0.39, 0.29) is 0 Å². The van der Waals surface area contributed by atoms with Crippen LogP contribution in [0, 0.1) is 21.7 Å². The highest BCUT2D eigenvalue weighted by molar-refractivity contribution is 5.78. The molecule has 216 valence electrons. The number of esters is 4. The van der Waals surface area contributed by atoms with E-state index in [1.165, 1.54) is 0 Å². The van der Waals surface area contributed by atoms with Crippen molar-refractivity contribution in [2.75, 3.05) is 6.61 Å². The third-order valence-corrected chi connectivity index (χ3v) is 5.33. The van der Waals surface area contributed by atoms with Crippen LogP contribution >= 0.6 is 0 Å². The standard InChI is InChI=1S/C26H43N3O9/c1-23(2,3)19(30)34-13-14(28-29-27)15-16(36-20(31)24(4,5)6)17(37-21(32)25(7,8)9)18(35-15)38-22(33)26(10,11)12/h14-18H,13H2,1-12H3/t14-,15+,16+,17-,18-/m1/s1. The molecule has 0 aromatic rings. The topological polar surface area (TPSA) is 163 Å². The number of carbonyl (C=O) groups excluding carboxylic acids is 4. The molecule has 0 saturated carbocycles. The molecule has 0 bridgehead atoms. The van der Waals surface area contributed by atoms with Gasteiger partial charge in [-0.15, -0.1) is 0 Å². The molecule has 1 rings (SSSR count). The predicted octanol–water partition coefficient (Wildman–Crippen LogP) is 4.48. The minimum Gasteiger partial charge on any atom is -0.465 e. The molecule has 1 fully saturated rings. The summed E-state index contributed by atoms with van der Waals surface area (Å²) in [4.78, 5) is 53.8. The summed E-state index contributed by atoms with van der Waals surface area (Å²) >= 11 is 0. The lowest BCUT2D eigenvalue weighted by Gasteiger charge is -2.30. The Morgan fingerprint density at radius 3 is 1.50 bits per heavy atom. The SMILES string of the molecule is CC(C)(C)C(=O)OC[C@@H](N=[N+]=[N-])[C@@H]1O[C@H](OC(=O)C(C)(C)C)[C@H](OC(=O)C(C)(C)C)[C@H]1OC(=O)C(C)(C)C. The lowest BCUT2D eigenvalue weighted by molar-refractivity contribution is -0.207. The highest BCUT2D eigenvalue weighted by Gasteiger charge is 2.56. The Kier molecular flexibility index (Phi) is 10.4. The van der Waals surface area contributed by atoms with Gasteiger partial charge in [-0.25, -0.2) is 0 Å². The fourth-order valence-electron chi connectivity index (χ4n) is 2.83. The van der Waals surface area contributed by atoms with Crippen LogP contribution in [0.4, 0.5) is 0 Å². The summed E-state index contributed by atoms with van der Waals surface area (Å²) in [5, 5.41) is 3.71. The Labute approximate surface area is 224 Å². The highest BCUT2D eigenvalue weighted by Crippen LogP contribution is 2.35. The van der Waals surface area contributed by atoms with Gasteiger partial charge in [0.25, 0.3) is 0 Å². The zero-order valence-corrected chi connectivity index (χ0v) is 24.6. The molecule has 1 aliphatic rings. The molecule has 12 heteroatoms. The van der Waals surface area contributed by atoms with Crippen LogP contribution in [-0.2, 0) is 42.9 Å². The molecule has 0 unspecified atom stereocenters. The van der Waals surface area contributed by atoms with Crippen molar-refractivity contribution in [3.63, 3.8) is 0 Å². The maximum absolute atomic E-state index is 12.9. The molecule has 1 aliphatic heterocycles. The van der Waals surface area contributed by atoms with Crippen LogP contribution < -0.4 is 0 Å². The largest absolute Gasteiger partial charge is 0.465 e. The Morgan fingerprint density at radius 2 is 1.11 bits per heavy atom. The zero-order valence-electron chi connectivity index (χ0n) is 24.6. The summed E-state index contributed by atoms with van der Waals surface area (Å²) in [7, 11) is 0. The average molecular weight is 542 g/mol. The van der Waals surface area contributed by atoms with Crippen LogP contribution in [0.1, 0.15) is 83.1 Å².